The van der Waals surface area contributed by atoms with Gasteiger partial charge in [0.25, 0.3) is 5.91 Å². The van der Waals surface area contributed by atoms with E-state index in [1.54, 1.807) is 13.8 Å². The number of carbonyl (C=O) groups is 1. The van der Waals surface area contributed by atoms with Crippen LogP contribution in [0.3, 0.4) is 0 Å². The van der Waals surface area contributed by atoms with Crippen LogP contribution in [0.15, 0.2) is 11.4 Å². The van der Waals surface area contributed by atoms with Crippen LogP contribution >= 0.6 is 0 Å². The molecular weight excluding hydrogens is 171 g/mol. The molecule has 74 valence electrons. The Morgan fingerprint density at radius 3 is 2.54 bits per heavy atom. The van der Waals surface area contributed by atoms with Crippen LogP contribution in [0.1, 0.15) is 20.3 Å². The van der Waals surface area contributed by atoms with Gasteiger partial charge < -0.3 is 10.6 Å². The average molecular weight is 186 g/mol. The standard InChI is InChI=1S/C9H15FN2O/c1-6(2)8(10)9(13)12-4-3-7(11)5-12/h7H,3-5,11H2,1-2H3. The molecule has 0 aromatic rings. The monoisotopic (exact) mass is 186 g/mol. The quantitative estimate of drug-likeness (QED) is 0.616. The molecule has 13 heavy (non-hydrogen) atoms. The van der Waals surface area contributed by atoms with Crippen LogP contribution in [0.4, 0.5) is 4.39 Å². The Kier molecular flexibility index (Phi) is 3.03. The number of allylic oxidation sites excluding steroid dienone is 1. The molecule has 1 heterocycles. The van der Waals surface area contributed by atoms with Crippen LogP contribution < -0.4 is 5.73 Å². The highest BCUT2D eigenvalue weighted by atomic mass is 19.1. The Hall–Kier alpha value is -0.900. The van der Waals surface area contributed by atoms with Crippen molar-refractivity contribution in [2.75, 3.05) is 13.1 Å². The Morgan fingerprint density at radius 2 is 2.15 bits per heavy atom. The maximum absolute atomic E-state index is 13.1. The lowest BCUT2D eigenvalue weighted by molar-refractivity contribution is -0.127. The van der Waals surface area contributed by atoms with Gasteiger partial charge in [-0.15, -0.1) is 0 Å². The number of nitrogens with zero attached hydrogens (tertiary/aromatic N) is 1. The fourth-order valence-corrected chi connectivity index (χ4v) is 1.32. The molecular formula is C9H15FN2O. The van der Waals surface area contributed by atoms with Crippen LogP contribution in [-0.4, -0.2) is 29.9 Å². The summed E-state index contributed by atoms with van der Waals surface area (Å²) in [4.78, 5) is 12.8. The van der Waals surface area contributed by atoms with Crippen LogP contribution in [0.2, 0.25) is 0 Å². The summed E-state index contributed by atoms with van der Waals surface area (Å²) < 4.78 is 13.1. The lowest BCUT2D eigenvalue weighted by Crippen LogP contribution is -2.32. The molecule has 4 heteroatoms. The maximum atomic E-state index is 13.1. The third-order valence-electron chi connectivity index (χ3n) is 2.14. The van der Waals surface area contributed by atoms with Crippen LogP contribution in [-0.2, 0) is 4.79 Å². The summed E-state index contributed by atoms with van der Waals surface area (Å²) in [7, 11) is 0. The first-order chi connectivity index (χ1) is 6.02. The molecule has 0 bridgehead atoms. The second-order valence-corrected chi connectivity index (χ2v) is 3.61. The van der Waals surface area contributed by atoms with Gasteiger partial charge >= 0.3 is 0 Å². The molecule has 1 unspecified atom stereocenters. The lowest BCUT2D eigenvalue weighted by Gasteiger charge is -2.14. The van der Waals surface area contributed by atoms with E-state index < -0.39 is 11.7 Å². The zero-order valence-corrected chi connectivity index (χ0v) is 8.01. The molecule has 0 saturated carbocycles. The van der Waals surface area contributed by atoms with Crippen molar-refractivity contribution in [2.45, 2.75) is 26.3 Å². The lowest BCUT2D eigenvalue weighted by atomic mass is 10.3. The zero-order valence-electron chi connectivity index (χ0n) is 8.01. The molecule has 3 nitrogen and oxygen atoms in total. The molecule has 0 spiro atoms. The van der Waals surface area contributed by atoms with Crippen molar-refractivity contribution in [1.82, 2.24) is 4.90 Å². The van der Waals surface area contributed by atoms with Crippen molar-refractivity contribution >= 4 is 5.91 Å². The molecule has 1 amide bonds. The van der Waals surface area contributed by atoms with Gasteiger partial charge in [0, 0.05) is 19.1 Å². The van der Waals surface area contributed by atoms with Crippen molar-refractivity contribution in [3.8, 4) is 0 Å². The number of amides is 1. The molecule has 2 N–H and O–H groups in total. The average Bonchev–Trinajstić information content (AvgIpc) is 2.49. The van der Waals surface area contributed by atoms with E-state index in [4.69, 9.17) is 5.73 Å². The summed E-state index contributed by atoms with van der Waals surface area (Å²) in [5.74, 6) is -1.16. The number of rotatable bonds is 1. The van der Waals surface area contributed by atoms with Crippen molar-refractivity contribution in [2.24, 2.45) is 5.73 Å². The van der Waals surface area contributed by atoms with E-state index in [9.17, 15) is 9.18 Å². The van der Waals surface area contributed by atoms with Gasteiger partial charge in [0.05, 0.1) is 0 Å². The molecule has 1 fully saturated rings. The number of hydrogen-bond donors (Lipinski definition) is 1. The molecule has 0 radical (unpaired) electrons. The van der Waals surface area contributed by atoms with E-state index in [1.165, 1.54) is 4.90 Å². The Morgan fingerprint density at radius 1 is 1.54 bits per heavy atom. The summed E-state index contributed by atoms with van der Waals surface area (Å²) in [6, 6.07) is 0.00825. The fraction of sp³-hybridized carbons (Fsp3) is 0.667. The third-order valence-corrected chi connectivity index (χ3v) is 2.14. The highest BCUT2D eigenvalue weighted by Gasteiger charge is 2.26. The molecule has 1 atom stereocenters. The highest BCUT2D eigenvalue weighted by Crippen LogP contribution is 2.14. The van der Waals surface area contributed by atoms with Gasteiger partial charge in [-0.05, 0) is 25.8 Å². The SMILES string of the molecule is CC(C)=C(F)C(=O)N1CCC(N)C1. The van der Waals surface area contributed by atoms with E-state index in [0.717, 1.165) is 6.42 Å². The molecule has 0 aliphatic carbocycles. The smallest absolute Gasteiger partial charge is 0.282 e. The van der Waals surface area contributed by atoms with Crippen molar-refractivity contribution in [3.63, 3.8) is 0 Å². The number of nitrogens with two attached hydrogens (primary N) is 1. The van der Waals surface area contributed by atoms with Gasteiger partial charge in [-0.25, -0.2) is 4.39 Å². The minimum Gasteiger partial charge on any atom is -0.335 e. The Bertz CT molecular complexity index is 246. The number of carbonyl (C=O) groups excluding carboxylic acids is 1. The fourth-order valence-electron chi connectivity index (χ4n) is 1.32. The van der Waals surface area contributed by atoms with Gasteiger partial charge in [-0.1, -0.05) is 0 Å². The second-order valence-electron chi connectivity index (χ2n) is 3.61. The second kappa shape index (κ2) is 3.87. The summed E-state index contributed by atoms with van der Waals surface area (Å²) in [5.41, 5.74) is 6.03. The predicted octanol–water partition coefficient (Wildman–Crippen LogP) is 0.809. The largest absolute Gasteiger partial charge is 0.335 e. The third kappa shape index (κ3) is 2.28. The van der Waals surface area contributed by atoms with Crippen molar-refractivity contribution < 1.29 is 9.18 Å². The normalized spacial score (nSPS) is 21.8. The maximum Gasteiger partial charge on any atom is 0.282 e. The summed E-state index contributed by atoms with van der Waals surface area (Å²) >= 11 is 0. The van der Waals surface area contributed by atoms with Crippen LogP contribution in [0.5, 0.6) is 0 Å². The Labute approximate surface area is 77.4 Å². The molecule has 1 saturated heterocycles. The van der Waals surface area contributed by atoms with E-state index in [2.05, 4.69) is 0 Å². The summed E-state index contributed by atoms with van der Waals surface area (Å²) in [5, 5.41) is 0. The molecule has 0 aromatic carbocycles. The highest BCUT2D eigenvalue weighted by molar-refractivity contribution is 5.92. The molecule has 0 aromatic heterocycles. The van der Waals surface area contributed by atoms with Gasteiger partial charge in [-0.2, -0.15) is 0 Å². The minimum absolute atomic E-state index is 0.00825. The number of halogens is 1. The summed E-state index contributed by atoms with van der Waals surface area (Å²) in [6.07, 6.45) is 0.766. The first-order valence-electron chi connectivity index (χ1n) is 4.40. The minimum atomic E-state index is -0.644. The molecule has 1 aliphatic rings. The van der Waals surface area contributed by atoms with E-state index in [0.29, 0.717) is 18.7 Å². The van der Waals surface area contributed by atoms with Gasteiger partial charge in [0.1, 0.15) is 0 Å². The topological polar surface area (TPSA) is 46.3 Å². The number of hydrogen-bond acceptors (Lipinski definition) is 2. The van der Waals surface area contributed by atoms with Gasteiger partial charge in [-0.3, -0.25) is 4.79 Å². The molecule has 1 rings (SSSR count). The van der Waals surface area contributed by atoms with Crippen molar-refractivity contribution in [3.05, 3.63) is 11.4 Å². The van der Waals surface area contributed by atoms with Crippen LogP contribution in [0, 0.1) is 0 Å². The van der Waals surface area contributed by atoms with E-state index >= 15 is 0 Å². The first kappa shape index (κ1) is 10.2. The number of likely N-dealkylation sites (tertiary alicyclic amines) is 1. The zero-order chi connectivity index (χ0) is 10.0. The van der Waals surface area contributed by atoms with E-state index in [-0.39, 0.29) is 6.04 Å². The first-order valence-corrected chi connectivity index (χ1v) is 4.40. The van der Waals surface area contributed by atoms with Gasteiger partial charge in [0.15, 0.2) is 5.83 Å². The van der Waals surface area contributed by atoms with Crippen molar-refractivity contribution in [1.29, 1.82) is 0 Å². The Balaban J connectivity index is 2.64. The summed E-state index contributed by atoms with van der Waals surface area (Å²) in [6.45, 7) is 4.21. The predicted molar refractivity (Wildman–Crippen MR) is 48.7 cm³/mol. The molecule has 1 aliphatic heterocycles. The van der Waals surface area contributed by atoms with E-state index in [1.807, 2.05) is 0 Å². The van der Waals surface area contributed by atoms with Gasteiger partial charge in [0.2, 0.25) is 0 Å². The van der Waals surface area contributed by atoms with Crippen LogP contribution in [0.25, 0.3) is 0 Å².